The summed E-state index contributed by atoms with van der Waals surface area (Å²) in [6, 6.07) is 17.0. The van der Waals surface area contributed by atoms with Crippen LogP contribution < -0.4 is 10.6 Å². The minimum atomic E-state index is -0.0294. The molecular formula is C21H23ClN2O2. The lowest BCUT2D eigenvalue weighted by Gasteiger charge is -2.27. The van der Waals surface area contributed by atoms with Crippen molar-refractivity contribution in [2.24, 2.45) is 11.8 Å². The minimum absolute atomic E-state index is 0.0252. The van der Waals surface area contributed by atoms with Gasteiger partial charge in [-0.05, 0) is 49.4 Å². The summed E-state index contributed by atoms with van der Waals surface area (Å²) >= 11 is 6.12. The molecule has 1 fully saturated rings. The van der Waals surface area contributed by atoms with Crippen LogP contribution in [0.25, 0.3) is 0 Å². The highest BCUT2D eigenvalue weighted by Crippen LogP contribution is 2.30. The summed E-state index contributed by atoms with van der Waals surface area (Å²) in [5, 5.41) is 6.59. The van der Waals surface area contributed by atoms with Gasteiger partial charge in [-0.1, -0.05) is 48.0 Å². The van der Waals surface area contributed by atoms with E-state index in [0.717, 1.165) is 36.9 Å². The second kappa shape index (κ2) is 8.86. The third-order valence-electron chi connectivity index (χ3n) is 4.92. The number of hydrogen-bond donors (Lipinski definition) is 2. The van der Waals surface area contributed by atoms with E-state index in [1.165, 1.54) is 0 Å². The van der Waals surface area contributed by atoms with Gasteiger partial charge in [0.15, 0.2) is 0 Å². The molecule has 0 aliphatic heterocycles. The van der Waals surface area contributed by atoms with Crippen LogP contribution in [0.5, 0.6) is 0 Å². The van der Waals surface area contributed by atoms with Gasteiger partial charge in [-0.15, -0.1) is 0 Å². The van der Waals surface area contributed by atoms with Crippen LogP contribution in [0.15, 0.2) is 54.6 Å². The number of nitrogens with one attached hydrogen (secondary N) is 2. The Kier molecular flexibility index (Phi) is 6.29. The molecule has 0 bridgehead atoms. The number of para-hydroxylation sites is 1. The molecule has 1 saturated carbocycles. The summed E-state index contributed by atoms with van der Waals surface area (Å²) in [6.45, 7) is 0.437. The van der Waals surface area contributed by atoms with E-state index in [9.17, 15) is 9.59 Å². The average molecular weight is 371 g/mol. The summed E-state index contributed by atoms with van der Waals surface area (Å²) < 4.78 is 0. The maximum Gasteiger partial charge on any atom is 0.227 e. The lowest BCUT2D eigenvalue weighted by molar-refractivity contribution is -0.128. The predicted octanol–water partition coefficient (Wildman–Crippen LogP) is 4.40. The number of halogens is 1. The molecule has 136 valence electrons. The number of carbonyl (C=O) groups is 2. The van der Waals surface area contributed by atoms with Crippen LogP contribution in [0.4, 0.5) is 5.69 Å². The molecule has 1 aliphatic rings. The summed E-state index contributed by atoms with van der Waals surface area (Å²) in [5.74, 6) is 0.0408. The van der Waals surface area contributed by atoms with E-state index in [1.807, 2.05) is 54.6 Å². The predicted molar refractivity (Wildman–Crippen MR) is 104 cm³/mol. The summed E-state index contributed by atoms with van der Waals surface area (Å²) in [4.78, 5) is 24.8. The van der Waals surface area contributed by atoms with Crippen LogP contribution in [0, 0.1) is 11.8 Å². The molecule has 2 N–H and O–H groups in total. The number of carbonyl (C=O) groups excluding carboxylic acids is 2. The van der Waals surface area contributed by atoms with Crippen molar-refractivity contribution in [3.05, 3.63) is 65.2 Å². The van der Waals surface area contributed by atoms with Crippen LogP contribution in [0.3, 0.4) is 0 Å². The number of hydrogen-bond acceptors (Lipinski definition) is 2. The van der Waals surface area contributed by atoms with Crippen molar-refractivity contribution in [3.63, 3.8) is 0 Å². The van der Waals surface area contributed by atoms with E-state index >= 15 is 0 Å². The fourth-order valence-corrected chi connectivity index (χ4v) is 3.55. The maximum atomic E-state index is 12.4. The smallest absolute Gasteiger partial charge is 0.227 e. The van der Waals surface area contributed by atoms with Gasteiger partial charge in [0.2, 0.25) is 11.8 Å². The standard InChI is InChI=1S/C21H23ClN2O2/c22-19-9-5-4-6-17(19)14-23-20(25)15-10-12-16(13-11-15)21(26)24-18-7-2-1-3-8-18/h1-9,15-16H,10-14H2,(H,23,25)(H,24,26). The van der Waals surface area contributed by atoms with Gasteiger partial charge in [-0.3, -0.25) is 9.59 Å². The summed E-state index contributed by atoms with van der Waals surface area (Å²) in [6.07, 6.45) is 2.95. The molecule has 0 aromatic heterocycles. The fraction of sp³-hybridized carbons (Fsp3) is 0.333. The van der Waals surface area contributed by atoms with Gasteiger partial charge in [-0.25, -0.2) is 0 Å². The maximum absolute atomic E-state index is 12.4. The highest BCUT2D eigenvalue weighted by Gasteiger charge is 2.29. The summed E-state index contributed by atoms with van der Waals surface area (Å²) in [5.41, 5.74) is 1.73. The van der Waals surface area contributed by atoms with Gasteiger partial charge in [-0.2, -0.15) is 0 Å². The second-order valence-corrected chi connectivity index (χ2v) is 7.12. The molecule has 26 heavy (non-hydrogen) atoms. The molecule has 0 atom stereocenters. The Bertz CT molecular complexity index is 756. The van der Waals surface area contributed by atoms with Gasteiger partial charge in [0.05, 0.1) is 0 Å². The topological polar surface area (TPSA) is 58.2 Å². The van der Waals surface area contributed by atoms with Crippen molar-refractivity contribution >= 4 is 29.1 Å². The van der Waals surface area contributed by atoms with Crippen molar-refractivity contribution < 1.29 is 9.59 Å². The lowest BCUT2D eigenvalue weighted by atomic mass is 9.81. The first-order chi connectivity index (χ1) is 12.6. The Labute approximate surface area is 158 Å². The zero-order chi connectivity index (χ0) is 18.4. The van der Waals surface area contributed by atoms with Crippen LogP contribution in [-0.2, 0) is 16.1 Å². The van der Waals surface area contributed by atoms with Crippen LogP contribution in [0.1, 0.15) is 31.2 Å². The average Bonchev–Trinajstić information content (AvgIpc) is 2.68. The van der Waals surface area contributed by atoms with Crippen molar-refractivity contribution in [1.82, 2.24) is 5.32 Å². The zero-order valence-corrected chi connectivity index (χ0v) is 15.3. The number of amides is 2. The van der Waals surface area contributed by atoms with E-state index < -0.39 is 0 Å². The van der Waals surface area contributed by atoms with Gasteiger partial charge in [0, 0.05) is 29.1 Å². The van der Waals surface area contributed by atoms with Crippen LogP contribution in [0.2, 0.25) is 5.02 Å². The third-order valence-corrected chi connectivity index (χ3v) is 5.29. The molecule has 5 heteroatoms. The van der Waals surface area contributed by atoms with Gasteiger partial charge in [0.1, 0.15) is 0 Å². The van der Waals surface area contributed by atoms with Gasteiger partial charge in [0.25, 0.3) is 0 Å². The molecule has 4 nitrogen and oxygen atoms in total. The Hall–Kier alpha value is -2.33. The first kappa shape index (κ1) is 18.5. The lowest BCUT2D eigenvalue weighted by Crippen LogP contribution is -2.35. The highest BCUT2D eigenvalue weighted by atomic mass is 35.5. The quantitative estimate of drug-likeness (QED) is 0.819. The molecule has 3 rings (SSSR count). The molecule has 2 amide bonds. The third kappa shape index (κ3) is 4.85. The highest BCUT2D eigenvalue weighted by molar-refractivity contribution is 6.31. The van der Waals surface area contributed by atoms with E-state index in [2.05, 4.69) is 10.6 Å². The Morgan fingerprint density at radius 1 is 0.846 bits per heavy atom. The monoisotopic (exact) mass is 370 g/mol. The summed E-state index contributed by atoms with van der Waals surface area (Å²) in [7, 11) is 0. The van der Waals surface area contributed by atoms with E-state index in [1.54, 1.807) is 0 Å². The molecule has 0 heterocycles. The first-order valence-electron chi connectivity index (χ1n) is 9.00. The van der Waals surface area contributed by atoms with Crippen molar-refractivity contribution in [2.75, 3.05) is 5.32 Å². The zero-order valence-electron chi connectivity index (χ0n) is 14.6. The number of rotatable bonds is 5. The largest absolute Gasteiger partial charge is 0.352 e. The number of benzene rings is 2. The molecule has 0 radical (unpaired) electrons. The Morgan fingerprint density at radius 2 is 1.42 bits per heavy atom. The van der Waals surface area contributed by atoms with E-state index in [0.29, 0.717) is 11.6 Å². The van der Waals surface area contributed by atoms with Gasteiger partial charge < -0.3 is 10.6 Å². The molecular weight excluding hydrogens is 348 g/mol. The fourth-order valence-electron chi connectivity index (χ4n) is 3.35. The van der Waals surface area contributed by atoms with E-state index in [4.69, 9.17) is 11.6 Å². The molecule has 2 aromatic rings. The van der Waals surface area contributed by atoms with Crippen molar-refractivity contribution in [3.8, 4) is 0 Å². The number of anilines is 1. The molecule has 0 spiro atoms. The van der Waals surface area contributed by atoms with E-state index in [-0.39, 0.29) is 23.7 Å². The Balaban J connectivity index is 1.45. The molecule has 0 unspecified atom stereocenters. The Morgan fingerprint density at radius 3 is 2.08 bits per heavy atom. The van der Waals surface area contributed by atoms with Crippen molar-refractivity contribution in [2.45, 2.75) is 32.2 Å². The minimum Gasteiger partial charge on any atom is -0.352 e. The molecule has 2 aromatic carbocycles. The molecule has 1 aliphatic carbocycles. The normalized spacial score (nSPS) is 19.6. The van der Waals surface area contributed by atoms with Crippen molar-refractivity contribution in [1.29, 1.82) is 0 Å². The first-order valence-corrected chi connectivity index (χ1v) is 9.38. The van der Waals surface area contributed by atoms with Crippen LogP contribution in [-0.4, -0.2) is 11.8 Å². The van der Waals surface area contributed by atoms with Gasteiger partial charge >= 0.3 is 0 Å². The molecule has 0 saturated heterocycles. The second-order valence-electron chi connectivity index (χ2n) is 6.71. The van der Waals surface area contributed by atoms with Crippen LogP contribution >= 0.6 is 11.6 Å². The SMILES string of the molecule is O=C(NCc1ccccc1Cl)C1CCC(C(=O)Nc2ccccc2)CC1.